The average Bonchev–Trinajstić information content (AvgIpc) is 3.19. The maximum Gasteiger partial charge on any atom is 0.487 e. The van der Waals surface area contributed by atoms with Crippen LogP contribution in [0.5, 0.6) is 17.2 Å². The van der Waals surface area contributed by atoms with Gasteiger partial charge in [-0.3, -0.25) is 4.98 Å². The Morgan fingerprint density at radius 3 is 2.67 bits per heavy atom. The lowest BCUT2D eigenvalue weighted by molar-refractivity contribution is -0.0964. The third-order valence-electron chi connectivity index (χ3n) is 4.79. The van der Waals surface area contributed by atoms with Crippen LogP contribution in [0.15, 0.2) is 59.9 Å². The van der Waals surface area contributed by atoms with Crippen molar-refractivity contribution in [2.75, 3.05) is 7.11 Å². The van der Waals surface area contributed by atoms with Crippen LogP contribution in [0.1, 0.15) is 16.8 Å². The highest BCUT2D eigenvalue weighted by Crippen LogP contribution is 2.35. The van der Waals surface area contributed by atoms with Crippen LogP contribution in [0.4, 0.5) is 8.78 Å². The van der Waals surface area contributed by atoms with Crippen molar-refractivity contribution in [2.45, 2.75) is 30.0 Å². The first-order valence-corrected chi connectivity index (χ1v) is 11.3. The predicted molar refractivity (Wildman–Crippen MR) is 123 cm³/mol. The summed E-state index contributed by atoms with van der Waals surface area (Å²) < 4.78 is 41.7. The summed E-state index contributed by atoms with van der Waals surface area (Å²) in [6.07, 6.45) is 1.64. The van der Waals surface area contributed by atoms with Crippen LogP contribution in [-0.2, 0) is 12.4 Å². The van der Waals surface area contributed by atoms with Gasteiger partial charge in [0.25, 0.3) is 0 Å². The van der Waals surface area contributed by atoms with Crippen molar-refractivity contribution >= 4 is 34.4 Å². The summed E-state index contributed by atoms with van der Waals surface area (Å²) in [6.45, 7) is 2.34. The number of H-pyrrole nitrogens is 1. The zero-order valence-electron chi connectivity index (χ0n) is 17.8. The number of aromatic amines is 1. The van der Waals surface area contributed by atoms with E-state index in [2.05, 4.69) is 19.7 Å². The Balaban J connectivity index is 1.49. The van der Waals surface area contributed by atoms with E-state index in [-0.39, 0.29) is 5.75 Å². The van der Waals surface area contributed by atoms with Crippen LogP contribution < -0.4 is 14.2 Å². The topological polar surface area (TPSA) is 69.3 Å². The van der Waals surface area contributed by atoms with Gasteiger partial charge in [0.1, 0.15) is 12.4 Å². The van der Waals surface area contributed by atoms with E-state index in [9.17, 15) is 8.78 Å². The number of hydrogen-bond donors (Lipinski definition) is 1. The first-order valence-electron chi connectivity index (χ1n) is 9.90. The summed E-state index contributed by atoms with van der Waals surface area (Å²) in [5, 5.41) is 0.614. The van der Waals surface area contributed by atoms with Crippen molar-refractivity contribution in [1.82, 2.24) is 15.0 Å². The van der Waals surface area contributed by atoms with Gasteiger partial charge in [0, 0.05) is 29.0 Å². The van der Waals surface area contributed by atoms with Crippen molar-refractivity contribution in [1.29, 1.82) is 0 Å². The number of benzene rings is 2. The number of nitrogens with one attached hydrogen (secondary N) is 1. The minimum absolute atomic E-state index is 0.0597. The number of hydrogen-bond acceptors (Lipinski definition) is 6. The fourth-order valence-corrected chi connectivity index (χ4v) is 4.17. The number of imidazole rings is 1. The number of aromatic nitrogens is 3. The molecule has 172 valence electrons. The molecule has 0 radical (unpaired) electrons. The standard InChI is InChI=1S/C23H20ClF2N3O3S/c1-14-19(27-11-20(30-2)21(14)31-12-15-6-4-3-5-7-15)13-33-22-28-17-9-8-16(10-18(17)29-22)32-23(24,25)26/h3-11H,12-13H2,1-2H3,(H,28,29). The quantitative estimate of drug-likeness (QED) is 0.218. The zero-order chi connectivity index (χ0) is 23.4. The van der Waals surface area contributed by atoms with Crippen molar-refractivity contribution < 1.29 is 23.0 Å². The van der Waals surface area contributed by atoms with Gasteiger partial charge in [-0.2, -0.15) is 0 Å². The molecule has 0 fully saturated rings. The van der Waals surface area contributed by atoms with Crippen molar-refractivity contribution in [3.8, 4) is 17.2 Å². The molecule has 4 rings (SSSR count). The maximum atomic E-state index is 12.9. The van der Waals surface area contributed by atoms with Gasteiger partial charge < -0.3 is 19.2 Å². The third kappa shape index (κ3) is 5.85. The number of nitrogens with zero attached hydrogens (tertiary/aromatic N) is 2. The highest BCUT2D eigenvalue weighted by Gasteiger charge is 2.27. The smallest absolute Gasteiger partial charge is 0.487 e. The van der Waals surface area contributed by atoms with E-state index in [0.717, 1.165) is 16.8 Å². The third-order valence-corrected chi connectivity index (χ3v) is 5.75. The Labute approximate surface area is 198 Å². The lowest BCUT2D eigenvalue weighted by Crippen LogP contribution is -2.15. The number of methoxy groups -OCH3 is 1. The number of ether oxygens (including phenoxy) is 3. The van der Waals surface area contributed by atoms with E-state index in [0.29, 0.717) is 40.0 Å². The van der Waals surface area contributed by atoms with Crippen LogP contribution in [0.2, 0.25) is 0 Å². The Bertz CT molecular complexity index is 1250. The van der Waals surface area contributed by atoms with Crippen LogP contribution in [0.3, 0.4) is 0 Å². The molecule has 0 spiro atoms. The van der Waals surface area contributed by atoms with E-state index in [1.54, 1.807) is 19.4 Å². The van der Waals surface area contributed by atoms with Crippen LogP contribution >= 0.6 is 23.4 Å². The fraction of sp³-hybridized carbons (Fsp3) is 0.217. The second-order valence-electron chi connectivity index (χ2n) is 7.06. The number of pyridine rings is 1. The first kappa shape index (κ1) is 23.1. The second kappa shape index (κ2) is 9.84. The average molecular weight is 492 g/mol. The Kier molecular flexibility index (Phi) is 6.90. The second-order valence-corrected chi connectivity index (χ2v) is 8.46. The van der Waals surface area contributed by atoms with Gasteiger partial charge in [-0.05, 0) is 24.6 Å². The molecule has 0 bridgehead atoms. The molecule has 33 heavy (non-hydrogen) atoms. The molecule has 1 N–H and O–H groups in total. The molecule has 0 atom stereocenters. The molecule has 6 nitrogen and oxygen atoms in total. The molecule has 2 heterocycles. The number of rotatable bonds is 9. The van der Waals surface area contributed by atoms with Gasteiger partial charge >= 0.3 is 5.57 Å². The predicted octanol–water partition coefficient (Wildman–Crippen LogP) is 6.31. The van der Waals surface area contributed by atoms with E-state index in [1.807, 2.05) is 37.3 Å². The molecule has 2 aromatic carbocycles. The highest BCUT2D eigenvalue weighted by molar-refractivity contribution is 7.98. The highest BCUT2D eigenvalue weighted by atomic mass is 35.5. The van der Waals surface area contributed by atoms with E-state index in [4.69, 9.17) is 21.1 Å². The van der Waals surface area contributed by atoms with Crippen LogP contribution in [-0.4, -0.2) is 27.6 Å². The van der Waals surface area contributed by atoms with E-state index in [1.165, 1.54) is 23.9 Å². The van der Waals surface area contributed by atoms with Crippen molar-refractivity contribution in [3.63, 3.8) is 0 Å². The molecule has 2 aromatic heterocycles. The van der Waals surface area contributed by atoms with E-state index < -0.39 is 5.57 Å². The molecular weight excluding hydrogens is 472 g/mol. The summed E-state index contributed by atoms with van der Waals surface area (Å²) in [5.74, 6) is 1.65. The zero-order valence-corrected chi connectivity index (χ0v) is 19.3. The summed E-state index contributed by atoms with van der Waals surface area (Å²) in [4.78, 5) is 12.1. The number of thioether (sulfide) groups is 1. The van der Waals surface area contributed by atoms with Gasteiger partial charge in [0.2, 0.25) is 0 Å². The van der Waals surface area contributed by atoms with Gasteiger partial charge in [0.15, 0.2) is 16.7 Å². The molecule has 0 saturated carbocycles. The largest absolute Gasteiger partial charge is 0.491 e. The summed E-state index contributed by atoms with van der Waals surface area (Å²) in [6, 6.07) is 14.3. The molecule has 0 aliphatic carbocycles. The van der Waals surface area contributed by atoms with Gasteiger partial charge in [-0.15, -0.1) is 8.78 Å². The van der Waals surface area contributed by atoms with Crippen LogP contribution in [0.25, 0.3) is 11.0 Å². The van der Waals surface area contributed by atoms with Crippen LogP contribution in [0, 0.1) is 6.92 Å². The Morgan fingerprint density at radius 1 is 1.15 bits per heavy atom. The Morgan fingerprint density at radius 2 is 1.94 bits per heavy atom. The minimum Gasteiger partial charge on any atom is -0.491 e. The summed E-state index contributed by atoms with van der Waals surface area (Å²) >= 11 is 6.26. The molecule has 0 aliphatic rings. The van der Waals surface area contributed by atoms with Gasteiger partial charge in [0.05, 0.1) is 30.0 Å². The molecule has 0 saturated heterocycles. The molecule has 4 aromatic rings. The molecular formula is C23H20ClF2N3O3S. The number of alkyl halides is 3. The number of fused-ring (bicyclic) bond motifs is 1. The molecule has 0 unspecified atom stereocenters. The lowest BCUT2D eigenvalue weighted by Gasteiger charge is -2.15. The Hall–Kier alpha value is -3.04. The monoisotopic (exact) mass is 491 g/mol. The van der Waals surface area contributed by atoms with Crippen molar-refractivity contribution in [2.24, 2.45) is 0 Å². The first-order chi connectivity index (χ1) is 15.8. The molecule has 0 amide bonds. The van der Waals surface area contributed by atoms with Gasteiger partial charge in [-0.25, -0.2) is 4.98 Å². The normalized spacial score (nSPS) is 11.5. The summed E-state index contributed by atoms with van der Waals surface area (Å²) in [7, 11) is 1.58. The number of halogens is 3. The fourth-order valence-electron chi connectivity index (χ4n) is 3.18. The SMILES string of the molecule is COc1cnc(CSc2nc3ccc(OC(F)(F)Cl)cc3[nH]2)c(C)c1OCc1ccccc1. The lowest BCUT2D eigenvalue weighted by atomic mass is 10.2. The van der Waals surface area contributed by atoms with Crippen molar-refractivity contribution in [3.05, 3.63) is 71.5 Å². The minimum atomic E-state index is -3.77. The molecule has 0 aliphatic heterocycles. The molecule has 10 heteroatoms. The summed E-state index contributed by atoms with van der Waals surface area (Å²) in [5.41, 5.74) is 0.132. The maximum absolute atomic E-state index is 12.9. The van der Waals surface area contributed by atoms with Gasteiger partial charge in [-0.1, -0.05) is 42.1 Å². The van der Waals surface area contributed by atoms with E-state index >= 15 is 0 Å².